The first-order valence-electron chi connectivity index (χ1n) is 8.24. The van der Waals surface area contributed by atoms with Gasteiger partial charge in [-0.1, -0.05) is 44.2 Å². The molecule has 0 saturated heterocycles. The Hall–Kier alpha value is -2.69. The van der Waals surface area contributed by atoms with Gasteiger partial charge < -0.3 is 9.47 Å². The number of ketones is 1. The van der Waals surface area contributed by atoms with E-state index in [-0.39, 0.29) is 24.3 Å². The number of benzene rings is 1. The summed E-state index contributed by atoms with van der Waals surface area (Å²) in [5.74, 6) is 0.158. The quantitative estimate of drug-likeness (QED) is 0.538. The molecule has 0 aliphatic heterocycles. The van der Waals surface area contributed by atoms with Crippen LogP contribution in [-0.2, 0) is 14.3 Å². The minimum atomic E-state index is -0.575. The van der Waals surface area contributed by atoms with E-state index in [9.17, 15) is 9.59 Å². The van der Waals surface area contributed by atoms with Crippen LogP contribution in [0.25, 0.3) is 0 Å². The minimum absolute atomic E-state index is 0.0140. The third-order valence-corrected chi connectivity index (χ3v) is 3.86. The summed E-state index contributed by atoms with van der Waals surface area (Å²) in [7, 11) is 1.35. The fourth-order valence-electron chi connectivity index (χ4n) is 2.40. The zero-order valence-electron chi connectivity index (χ0n) is 14.8. The fourth-order valence-corrected chi connectivity index (χ4v) is 2.40. The van der Waals surface area contributed by atoms with Crippen LogP contribution in [0.2, 0.25) is 0 Å². The van der Waals surface area contributed by atoms with Crippen LogP contribution >= 0.6 is 0 Å². The summed E-state index contributed by atoms with van der Waals surface area (Å²) < 4.78 is 10.5. The summed E-state index contributed by atoms with van der Waals surface area (Å²) in [4.78, 5) is 28.2. The summed E-state index contributed by atoms with van der Waals surface area (Å²) >= 11 is 0. The second-order valence-corrected chi connectivity index (χ2v) is 6.06. The van der Waals surface area contributed by atoms with Crippen molar-refractivity contribution < 1.29 is 19.1 Å². The summed E-state index contributed by atoms with van der Waals surface area (Å²) in [6.45, 7) is 3.79. The van der Waals surface area contributed by atoms with E-state index in [2.05, 4.69) is 4.99 Å². The van der Waals surface area contributed by atoms with Crippen LogP contribution in [0.3, 0.4) is 0 Å². The molecule has 0 unspecified atom stereocenters. The van der Waals surface area contributed by atoms with Gasteiger partial charge in [0, 0.05) is 17.4 Å². The number of carbonyl (C=O) groups excluding carboxylic acids is 2. The lowest BCUT2D eigenvalue weighted by Crippen LogP contribution is -2.26. The third-order valence-electron chi connectivity index (χ3n) is 3.86. The lowest BCUT2D eigenvalue weighted by molar-refractivity contribution is -0.143. The van der Waals surface area contributed by atoms with E-state index in [1.807, 2.05) is 50.3 Å². The highest BCUT2D eigenvalue weighted by atomic mass is 16.5. The number of allylic oxidation sites excluding steroid dienone is 3. The smallest absolute Gasteiger partial charge is 0.330 e. The molecule has 0 heterocycles. The van der Waals surface area contributed by atoms with Gasteiger partial charge in [0.25, 0.3) is 0 Å². The van der Waals surface area contributed by atoms with Gasteiger partial charge in [-0.2, -0.15) is 0 Å². The van der Waals surface area contributed by atoms with Crippen molar-refractivity contribution >= 4 is 18.0 Å². The van der Waals surface area contributed by atoms with Gasteiger partial charge in [-0.25, -0.2) is 4.79 Å². The number of rotatable bonds is 8. The number of methoxy groups -OCH3 is 1. The van der Waals surface area contributed by atoms with E-state index in [0.29, 0.717) is 17.7 Å². The molecular weight excluding hydrogens is 318 g/mol. The number of aliphatic imine (C=N–C) groups is 1. The zero-order chi connectivity index (χ0) is 18.2. The van der Waals surface area contributed by atoms with E-state index >= 15 is 0 Å². The predicted octanol–water partition coefficient (Wildman–Crippen LogP) is 3.14. The maximum absolute atomic E-state index is 12.1. The van der Waals surface area contributed by atoms with Crippen molar-refractivity contribution in [3.8, 4) is 5.75 Å². The lowest BCUT2D eigenvalue weighted by Gasteiger charge is -2.14. The van der Waals surface area contributed by atoms with Crippen molar-refractivity contribution in [2.45, 2.75) is 26.3 Å². The summed E-state index contributed by atoms with van der Waals surface area (Å²) in [5, 5.41) is 0. The maximum Gasteiger partial charge on any atom is 0.330 e. The Morgan fingerprint density at radius 3 is 2.68 bits per heavy atom. The highest BCUT2D eigenvalue weighted by molar-refractivity contribution is 5.97. The molecule has 2 rings (SSSR count). The molecule has 0 bridgehead atoms. The summed E-state index contributed by atoms with van der Waals surface area (Å²) in [5.41, 5.74) is 1.46. The van der Waals surface area contributed by atoms with Crippen molar-refractivity contribution in [3.63, 3.8) is 0 Å². The van der Waals surface area contributed by atoms with Crippen molar-refractivity contribution in [2.24, 2.45) is 10.9 Å². The Balaban J connectivity index is 2.07. The Morgan fingerprint density at radius 1 is 1.28 bits per heavy atom. The van der Waals surface area contributed by atoms with Gasteiger partial charge in [-0.05, 0) is 24.5 Å². The molecule has 5 nitrogen and oxygen atoms in total. The molecule has 1 aliphatic rings. The molecule has 1 aromatic rings. The molecule has 0 spiro atoms. The number of Topliss-reactive ketones (excluding diaryl/α,β-unsaturated/α-hetero) is 1. The van der Waals surface area contributed by atoms with Gasteiger partial charge in [0.15, 0.2) is 12.4 Å². The van der Waals surface area contributed by atoms with Gasteiger partial charge in [0.05, 0.1) is 7.11 Å². The molecule has 1 aromatic carbocycles. The van der Waals surface area contributed by atoms with E-state index < -0.39 is 6.04 Å². The number of hydrogen-bond donors (Lipinski definition) is 0. The average Bonchev–Trinajstić information content (AvgIpc) is 3.14. The number of para-hydroxylation sites is 1. The van der Waals surface area contributed by atoms with Gasteiger partial charge in [-0.3, -0.25) is 9.79 Å². The first-order chi connectivity index (χ1) is 12.0. The molecule has 132 valence electrons. The first-order valence-corrected chi connectivity index (χ1v) is 8.24. The standard InChI is InChI=1S/C20H23NO4/c1-14(2)19(20(23)24-3)21-12-16-10-6-7-11-18(16)25-13-17(22)15-8-4-5-9-15/h4-8,10-12,14,19H,9,13H2,1-3H3/t19-/m0/s1. The van der Waals surface area contributed by atoms with E-state index in [1.165, 1.54) is 7.11 Å². The van der Waals surface area contributed by atoms with Crippen LogP contribution in [0.1, 0.15) is 25.8 Å². The molecule has 1 atom stereocenters. The van der Waals surface area contributed by atoms with Gasteiger partial charge in [0.1, 0.15) is 11.8 Å². The van der Waals surface area contributed by atoms with Crippen LogP contribution in [0.15, 0.2) is 53.1 Å². The lowest BCUT2D eigenvalue weighted by atomic mass is 10.1. The topological polar surface area (TPSA) is 65.0 Å². The maximum atomic E-state index is 12.1. The average molecular weight is 341 g/mol. The van der Waals surface area contributed by atoms with Crippen LogP contribution in [0, 0.1) is 5.92 Å². The molecule has 0 N–H and O–H groups in total. The molecule has 0 saturated carbocycles. The molecule has 0 amide bonds. The molecular formula is C20H23NO4. The van der Waals surface area contributed by atoms with Gasteiger partial charge in [-0.15, -0.1) is 0 Å². The largest absolute Gasteiger partial charge is 0.485 e. The van der Waals surface area contributed by atoms with E-state index in [1.54, 1.807) is 12.3 Å². The molecule has 0 radical (unpaired) electrons. The summed E-state index contributed by atoms with van der Waals surface area (Å²) in [6, 6.07) is 6.71. The minimum Gasteiger partial charge on any atom is -0.485 e. The zero-order valence-corrected chi connectivity index (χ0v) is 14.8. The Labute approximate surface area is 148 Å². The van der Waals surface area contributed by atoms with Crippen molar-refractivity contribution in [1.82, 2.24) is 0 Å². The Morgan fingerprint density at radius 2 is 2.04 bits per heavy atom. The normalized spacial score (nSPS) is 14.6. The van der Waals surface area contributed by atoms with Gasteiger partial charge >= 0.3 is 5.97 Å². The predicted molar refractivity (Wildman–Crippen MR) is 97.0 cm³/mol. The number of hydrogen-bond acceptors (Lipinski definition) is 5. The monoisotopic (exact) mass is 341 g/mol. The Bertz CT molecular complexity index is 716. The number of ether oxygens (including phenoxy) is 2. The second kappa shape index (κ2) is 8.97. The molecule has 5 heteroatoms. The molecule has 0 fully saturated rings. The van der Waals surface area contributed by atoms with Crippen molar-refractivity contribution in [3.05, 3.63) is 53.6 Å². The van der Waals surface area contributed by atoms with Crippen LogP contribution in [0.4, 0.5) is 0 Å². The number of nitrogens with zero attached hydrogens (tertiary/aromatic N) is 1. The van der Waals surface area contributed by atoms with Crippen LogP contribution in [0.5, 0.6) is 5.75 Å². The second-order valence-electron chi connectivity index (χ2n) is 6.06. The Kier molecular flexibility index (Phi) is 6.69. The number of carbonyl (C=O) groups is 2. The first kappa shape index (κ1) is 18.6. The van der Waals surface area contributed by atoms with Gasteiger partial charge in [0.2, 0.25) is 0 Å². The number of esters is 1. The highest BCUT2D eigenvalue weighted by Crippen LogP contribution is 2.18. The van der Waals surface area contributed by atoms with Crippen molar-refractivity contribution in [2.75, 3.05) is 13.7 Å². The fraction of sp³-hybridized carbons (Fsp3) is 0.350. The van der Waals surface area contributed by atoms with Crippen LogP contribution < -0.4 is 4.74 Å². The highest BCUT2D eigenvalue weighted by Gasteiger charge is 2.21. The third kappa shape index (κ3) is 5.14. The van der Waals surface area contributed by atoms with E-state index in [4.69, 9.17) is 9.47 Å². The summed E-state index contributed by atoms with van der Waals surface area (Å²) in [6.07, 6.45) is 7.86. The van der Waals surface area contributed by atoms with E-state index in [0.717, 1.165) is 5.57 Å². The molecule has 1 aliphatic carbocycles. The SMILES string of the molecule is COC(=O)[C@@H](N=Cc1ccccc1OCC(=O)C1=CC=CC1)C(C)C. The molecule has 25 heavy (non-hydrogen) atoms. The van der Waals surface area contributed by atoms with Crippen LogP contribution in [-0.4, -0.2) is 37.7 Å². The van der Waals surface area contributed by atoms with Crippen molar-refractivity contribution in [1.29, 1.82) is 0 Å². The molecule has 0 aromatic heterocycles.